The summed E-state index contributed by atoms with van der Waals surface area (Å²) in [6.07, 6.45) is 0. The molecular formula is C19H29NOSSi. The van der Waals surface area contributed by atoms with Crippen LogP contribution in [0.4, 0.5) is 0 Å². The Hall–Kier alpha value is -0.943. The van der Waals surface area contributed by atoms with Gasteiger partial charge in [0.15, 0.2) is 8.32 Å². The van der Waals surface area contributed by atoms with E-state index in [1.807, 2.05) is 6.92 Å². The van der Waals surface area contributed by atoms with Gasteiger partial charge < -0.3 is 10.2 Å². The average Bonchev–Trinajstić information content (AvgIpc) is 2.94. The molecule has 0 spiro atoms. The molecule has 1 aromatic carbocycles. The van der Waals surface area contributed by atoms with Crippen LogP contribution in [0, 0.1) is 0 Å². The molecule has 1 unspecified atom stereocenters. The second-order valence-corrected chi connectivity index (χ2v) is 13.6. The summed E-state index contributed by atoms with van der Waals surface area (Å²) in [6.45, 7) is 14.1. The van der Waals surface area contributed by atoms with Crippen molar-refractivity contribution in [2.75, 3.05) is 0 Å². The molecule has 2 aromatic rings. The first kappa shape index (κ1) is 18.4. The maximum absolute atomic E-state index is 6.42. The SMILES string of the molecule is CC(N)c1ccc(-c2ccccc2CO[Si](C)(C)C(C)(C)C)s1. The van der Waals surface area contributed by atoms with E-state index in [9.17, 15) is 0 Å². The molecule has 126 valence electrons. The Morgan fingerprint density at radius 3 is 2.35 bits per heavy atom. The highest BCUT2D eigenvalue weighted by atomic mass is 32.1. The lowest BCUT2D eigenvalue weighted by Gasteiger charge is -2.36. The van der Waals surface area contributed by atoms with Crippen LogP contribution in [-0.4, -0.2) is 8.32 Å². The van der Waals surface area contributed by atoms with E-state index in [1.165, 1.54) is 20.9 Å². The quantitative estimate of drug-likeness (QED) is 0.678. The first-order valence-corrected chi connectivity index (χ1v) is 11.9. The third kappa shape index (κ3) is 4.32. The van der Waals surface area contributed by atoms with Gasteiger partial charge in [-0.15, -0.1) is 11.3 Å². The van der Waals surface area contributed by atoms with Crippen molar-refractivity contribution in [3.05, 3.63) is 46.8 Å². The minimum Gasteiger partial charge on any atom is -0.413 e. The highest BCUT2D eigenvalue weighted by molar-refractivity contribution is 7.15. The lowest BCUT2D eigenvalue weighted by molar-refractivity contribution is 0.277. The van der Waals surface area contributed by atoms with Crippen LogP contribution in [0.2, 0.25) is 18.1 Å². The molecule has 23 heavy (non-hydrogen) atoms. The van der Waals surface area contributed by atoms with Gasteiger partial charge in [0.25, 0.3) is 0 Å². The number of rotatable bonds is 5. The smallest absolute Gasteiger partial charge is 0.192 e. The van der Waals surface area contributed by atoms with Gasteiger partial charge in [-0.1, -0.05) is 45.0 Å². The highest BCUT2D eigenvalue weighted by Crippen LogP contribution is 2.38. The summed E-state index contributed by atoms with van der Waals surface area (Å²) in [6, 6.07) is 12.9. The van der Waals surface area contributed by atoms with Crippen molar-refractivity contribution in [2.24, 2.45) is 5.73 Å². The summed E-state index contributed by atoms with van der Waals surface area (Å²) in [5.74, 6) is 0. The molecule has 0 amide bonds. The maximum Gasteiger partial charge on any atom is 0.192 e. The third-order valence-electron chi connectivity index (χ3n) is 4.75. The molecule has 0 bridgehead atoms. The molecule has 0 fully saturated rings. The number of thiophene rings is 1. The predicted octanol–water partition coefficient (Wildman–Crippen LogP) is 5.96. The van der Waals surface area contributed by atoms with E-state index in [4.69, 9.17) is 10.2 Å². The van der Waals surface area contributed by atoms with Crippen LogP contribution < -0.4 is 5.73 Å². The average molecular weight is 348 g/mol. The van der Waals surface area contributed by atoms with E-state index >= 15 is 0 Å². The number of nitrogens with two attached hydrogens (primary N) is 1. The van der Waals surface area contributed by atoms with Crippen molar-refractivity contribution in [1.29, 1.82) is 0 Å². The Morgan fingerprint density at radius 2 is 1.78 bits per heavy atom. The standard InChI is InChI=1S/C19H29NOSSi/c1-14(20)17-11-12-18(22-17)16-10-8-7-9-15(16)13-21-23(5,6)19(2,3)4/h7-12,14H,13,20H2,1-6H3. The van der Waals surface area contributed by atoms with Crippen molar-refractivity contribution in [1.82, 2.24) is 0 Å². The van der Waals surface area contributed by atoms with Gasteiger partial charge in [0, 0.05) is 15.8 Å². The molecule has 0 aliphatic rings. The molecule has 0 aliphatic heterocycles. The fourth-order valence-corrected chi connectivity index (χ4v) is 4.07. The zero-order valence-electron chi connectivity index (χ0n) is 15.1. The summed E-state index contributed by atoms with van der Waals surface area (Å²) in [5, 5.41) is 0.229. The predicted molar refractivity (Wildman–Crippen MR) is 104 cm³/mol. The fraction of sp³-hybridized carbons (Fsp3) is 0.474. The van der Waals surface area contributed by atoms with Crippen molar-refractivity contribution >= 4 is 19.7 Å². The Balaban J connectivity index is 2.24. The summed E-state index contributed by atoms with van der Waals surface area (Å²) < 4.78 is 6.42. The molecule has 4 heteroatoms. The van der Waals surface area contributed by atoms with Gasteiger partial charge in [0.1, 0.15) is 0 Å². The zero-order chi connectivity index (χ0) is 17.3. The van der Waals surface area contributed by atoms with Crippen molar-refractivity contribution < 1.29 is 4.43 Å². The molecule has 0 radical (unpaired) electrons. The van der Waals surface area contributed by atoms with Crippen molar-refractivity contribution in [2.45, 2.75) is 58.5 Å². The minimum absolute atomic E-state index is 0.0874. The molecule has 0 saturated carbocycles. The molecule has 0 aliphatic carbocycles. The molecule has 2 rings (SSSR count). The van der Waals surface area contributed by atoms with E-state index in [0.29, 0.717) is 6.61 Å². The van der Waals surface area contributed by atoms with E-state index in [1.54, 1.807) is 11.3 Å². The fourth-order valence-electron chi connectivity index (χ4n) is 2.10. The van der Waals surface area contributed by atoms with Gasteiger partial charge in [-0.25, -0.2) is 0 Å². The third-order valence-corrected chi connectivity index (χ3v) is 10.6. The molecule has 2 N–H and O–H groups in total. The van der Waals surface area contributed by atoms with Gasteiger partial charge in [-0.2, -0.15) is 0 Å². The highest BCUT2D eigenvalue weighted by Gasteiger charge is 2.37. The van der Waals surface area contributed by atoms with Gasteiger partial charge in [0.2, 0.25) is 0 Å². The zero-order valence-corrected chi connectivity index (χ0v) is 17.0. The Morgan fingerprint density at radius 1 is 1.13 bits per heavy atom. The summed E-state index contributed by atoms with van der Waals surface area (Å²) in [4.78, 5) is 2.49. The van der Waals surface area contributed by atoms with E-state index in [2.05, 4.69) is 70.3 Å². The van der Waals surface area contributed by atoms with Gasteiger partial charge in [0.05, 0.1) is 6.61 Å². The summed E-state index contributed by atoms with van der Waals surface area (Å²) >= 11 is 1.78. The van der Waals surface area contributed by atoms with E-state index < -0.39 is 8.32 Å². The normalized spacial score (nSPS) is 14.0. The molecular weight excluding hydrogens is 318 g/mol. The Bertz CT molecular complexity index is 655. The maximum atomic E-state index is 6.42. The van der Waals surface area contributed by atoms with Crippen LogP contribution in [-0.2, 0) is 11.0 Å². The van der Waals surface area contributed by atoms with Crippen LogP contribution in [0.15, 0.2) is 36.4 Å². The van der Waals surface area contributed by atoms with Crippen LogP contribution >= 0.6 is 11.3 Å². The van der Waals surface area contributed by atoms with Crippen LogP contribution in [0.25, 0.3) is 10.4 Å². The van der Waals surface area contributed by atoms with E-state index in [0.717, 1.165) is 0 Å². The summed E-state index contributed by atoms with van der Waals surface area (Å²) in [7, 11) is -1.74. The van der Waals surface area contributed by atoms with Gasteiger partial charge >= 0.3 is 0 Å². The van der Waals surface area contributed by atoms with Crippen molar-refractivity contribution in [3.63, 3.8) is 0 Å². The van der Waals surface area contributed by atoms with Gasteiger partial charge in [-0.05, 0) is 48.3 Å². The van der Waals surface area contributed by atoms with E-state index in [-0.39, 0.29) is 11.1 Å². The second kappa shape index (κ2) is 6.89. The number of hydrogen-bond donors (Lipinski definition) is 1. The molecule has 1 heterocycles. The number of benzene rings is 1. The molecule has 0 saturated heterocycles. The summed E-state index contributed by atoms with van der Waals surface area (Å²) in [5.41, 5.74) is 8.52. The topological polar surface area (TPSA) is 35.2 Å². The van der Waals surface area contributed by atoms with Gasteiger partial charge in [-0.3, -0.25) is 0 Å². The Kier molecular flexibility index (Phi) is 5.51. The number of hydrogen-bond acceptors (Lipinski definition) is 3. The monoisotopic (exact) mass is 347 g/mol. The lowest BCUT2D eigenvalue weighted by Crippen LogP contribution is -2.40. The first-order chi connectivity index (χ1) is 10.6. The van der Waals surface area contributed by atoms with Crippen molar-refractivity contribution in [3.8, 4) is 10.4 Å². The molecule has 1 aromatic heterocycles. The minimum atomic E-state index is -1.74. The van der Waals surface area contributed by atoms with Crippen LogP contribution in [0.3, 0.4) is 0 Å². The molecule has 1 atom stereocenters. The first-order valence-electron chi connectivity index (χ1n) is 8.19. The van der Waals surface area contributed by atoms with Crippen LogP contribution in [0.1, 0.15) is 44.2 Å². The largest absolute Gasteiger partial charge is 0.413 e. The Labute approximate surface area is 145 Å². The van der Waals surface area contributed by atoms with Crippen LogP contribution in [0.5, 0.6) is 0 Å². The second-order valence-electron chi connectivity index (χ2n) is 7.70. The molecule has 2 nitrogen and oxygen atoms in total. The lowest BCUT2D eigenvalue weighted by atomic mass is 10.1.